The number of carbonyl (C=O) groups is 1. The van der Waals surface area contributed by atoms with E-state index in [1.54, 1.807) is 6.92 Å². The molecule has 0 aliphatic rings. The lowest BCUT2D eigenvalue weighted by molar-refractivity contribution is -0.138. The van der Waals surface area contributed by atoms with Crippen molar-refractivity contribution in [3.8, 4) is 0 Å². The Bertz CT molecular complexity index is 392. The first-order valence-corrected chi connectivity index (χ1v) is 13.3. The molecule has 0 saturated heterocycles. The Kier molecular flexibility index (Phi) is 23.5. The number of esters is 1. The molecule has 30 heavy (non-hydrogen) atoms. The SMILES string of the molecule is CCCCCCCCCCCCCCCCCCCCCCC=C(N)C(=O)OCC. The fourth-order valence-corrected chi connectivity index (χ4v) is 3.95. The van der Waals surface area contributed by atoms with Crippen LogP contribution in [0.2, 0.25) is 0 Å². The maximum absolute atomic E-state index is 11.4. The Morgan fingerprint density at radius 3 is 1.27 bits per heavy atom. The van der Waals surface area contributed by atoms with E-state index in [0.717, 1.165) is 12.8 Å². The molecule has 0 fully saturated rings. The van der Waals surface area contributed by atoms with E-state index in [0.29, 0.717) is 6.61 Å². The van der Waals surface area contributed by atoms with Gasteiger partial charge in [0.1, 0.15) is 5.70 Å². The van der Waals surface area contributed by atoms with Gasteiger partial charge < -0.3 is 10.5 Å². The molecule has 3 nitrogen and oxygen atoms in total. The number of allylic oxidation sites excluding steroid dienone is 1. The zero-order valence-electron chi connectivity index (χ0n) is 20.5. The number of rotatable bonds is 23. The molecule has 178 valence electrons. The smallest absolute Gasteiger partial charge is 0.353 e. The van der Waals surface area contributed by atoms with E-state index in [9.17, 15) is 4.79 Å². The summed E-state index contributed by atoms with van der Waals surface area (Å²) in [5, 5.41) is 0. The van der Waals surface area contributed by atoms with E-state index < -0.39 is 0 Å². The predicted octanol–water partition coefficient (Wildman–Crippen LogP) is 8.60. The van der Waals surface area contributed by atoms with Crippen molar-refractivity contribution in [2.75, 3.05) is 6.61 Å². The molecule has 0 heterocycles. The Hall–Kier alpha value is -0.990. The van der Waals surface area contributed by atoms with Gasteiger partial charge in [0.05, 0.1) is 6.61 Å². The molecular formula is C27H53NO2. The summed E-state index contributed by atoms with van der Waals surface area (Å²) in [6.45, 7) is 4.47. The van der Waals surface area contributed by atoms with Crippen LogP contribution in [-0.2, 0) is 9.53 Å². The highest BCUT2D eigenvalue weighted by molar-refractivity contribution is 5.87. The molecule has 0 saturated carbocycles. The minimum atomic E-state index is -0.384. The Labute approximate surface area is 188 Å². The number of unbranched alkanes of at least 4 members (excludes halogenated alkanes) is 20. The molecule has 0 radical (unpaired) electrons. The third-order valence-corrected chi connectivity index (χ3v) is 5.93. The van der Waals surface area contributed by atoms with Gasteiger partial charge >= 0.3 is 5.97 Å². The molecule has 0 rings (SSSR count). The number of nitrogens with two attached hydrogens (primary N) is 1. The van der Waals surface area contributed by atoms with Crippen LogP contribution in [0.15, 0.2) is 11.8 Å². The highest BCUT2D eigenvalue weighted by atomic mass is 16.5. The summed E-state index contributed by atoms with van der Waals surface area (Å²) in [5.74, 6) is -0.384. The van der Waals surface area contributed by atoms with Gasteiger partial charge in [0.2, 0.25) is 0 Å². The molecule has 0 aliphatic heterocycles. The third kappa shape index (κ3) is 21.7. The van der Waals surface area contributed by atoms with Crippen LogP contribution in [-0.4, -0.2) is 12.6 Å². The van der Waals surface area contributed by atoms with E-state index in [1.165, 1.54) is 122 Å². The Balaban J connectivity index is 3.16. The average Bonchev–Trinajstić information content (AvgIpc) is 2.74. The van der Waals surface area contributed by atoms with Crippen molar-refractivity contribution >= 4 is 5.97 Å². The lowest BCUT2D eigenvalue weighted by Crippen LogP contribution is -2.14. The Morgan fingerprint density at radius 2 is 0.933 bits per heavy atom. The first-order valence-electron chi connectivity index (χ1n) is 13.3. The number of carbonyl (C=O) groups excluding carboxylic acids is 1. The number of ether oxygens (including phenoxy) is 1. The van der Waals surface area contributed by atoms with E-state index in [2.05, 4.69) is 6.92 Å². The lowest BCUT2D eigenvalue weighted by Gasteiger charge is -2.04. The second-order valence-corrected chi connectivity index (χ2v) is 8.89. The predicted molar refractivity (Wildman–Crippen MR) is 132 cm³/mol. The molecular weight excluding hydrogens is 370 g/mol. The van der Waals surface area contributed by atoms with Gasteiger partial charge in [-0.3, -0.25) is 0 Å². The van der Waals surface area contributed by atoms with Gasteiger partial charge in [-0.15, -0.1) is 0 Å². The van der Waals surface area contributed by atoms with Crippen LogP contribution in [0.3, 0.4) is 0 Å². The first kappa shape index (κ1) is 29.0. The molecule has 2 N–H and O–H groups in total. The van der Waals surface area contributed by atoms with Gasteiger partial charge in [-0.1, -0.05) is 135 Å². The molecule has 0 aromatic carbocycles. The van der Waals surface area contributed by atoms with Crippen LogP contribution in [0, 0.1) is 0 Å². The topological polar surface area (TPSA) is 52.3 Å². The van der Waals surface area contributed by atoms with Gasteiger partial charge in [0, 0.05) is 0 Å². The van der Waals surface area contributed by atoms with E-state index in [4.69, 9.17) is 10.5 Å². The minimum absolute atomic E-state index is 0.259. The van der Waals surface area contributed by atoms with Gasteiger partial charge in [0.15, 0.2) is 0 Å². The fourth-order valence-electron chi connectivity index (χ4n) is 3.95. The average molecular weight is 424 g/mol. The first-order chi connectivity index (χ1) is 14.7. The molecule has 0 unspecified atom stereocenters. The molecule has 3 heteroatoms. The summed E-state index contributed by atoms with van der Waals surface area (Å²) in [6, 6.07) is 0. The van der Waals surface area contributed by atoms with Crippen LogP contribution < -0.4 is 5.73 Å². The van der Waals surface area contributed by atoms with Crippen molar-refractivity contribution in [3.05, 3.63) is 11.8 Å². The van der Waals surface area contributed by atoms with Crippen molar-refractivity contribution < 1.29 is 9.53 Å². The summed E-state index contributed by atoms with van der Waals surface area (Å²) in [4.78, 5) is 11.4. The van der Waals surface area contributed by atoms with E-state index >= 15 is 0 Å². The zero-order valence-corrected chi connectivity index (χ0v) is 20.5. The summed E-state index contributed by atoms with van der Waals surface area (Å²) in [5.41, 5.74) is 5.93. The fraction of sp³-hybridized carbons (Fsp3) is 0.889. The summed E-state index contributed by atoms with van der Waals surface area (Å²) >= 11 is 0. The van der Waals surface area contributed by atoms with E-state index in [-0.39, 0.29) is 11.7 Å². The van der Waals surface area contributed by atoms with Gasteiger partial charge in [0.25, 0.3) is 0 Å². The third-order valence-electron chi connectivity index (χ3n) is 5.93. The monoisotopic (exact) mass is 423 g/mol. The van der Waals surface area contributed by atoms with E-state index in [1.807, 2.05) is 6.08 Å². The van der Waals surface area contributed by atoms with Gasteiger partial charge in [-0.2, -0.15) is 0 Å². The molecule has 0 aromatic rings. The number of hydrogen-bond acceptors (Lipinski definition) is 3. The molecule has 0 amide bonds. The Morgan fingerprint density at radius 1 is 0.600 bits per heavy atom. The normalized spacial score (nSPS) is 11.7. The molecule has 0 aliphatic carbocycles. The van der Waals surface area contributed by atoms with Crippen LogP contribution in [0.4, 0.5) is 0 Å². The van der Waals surface area contributed by atoms with Gasteiger partial charge in [-0.25, -0.2) is 4.79 Å². The van der Waals surface area contributed by atoms with Crippen LogP contribution in [0.1, 0.15) is 149 Å². The zero-order chi connectivity index (χ0) is 22.1. The second-order valence-electron chi connectivity index (χ2n) is 8.89. The summed E-state index contributed by atoms with van der Waals surface area (Å²) in [7, 11) is 0. The van der Waals surface area contributed by atoms with Crippen molar-refractivity contribution in [2.45, 2.75) is 149 Å². The van der Waals surface area contributed by atoms with Crippen molar-refractivity contribution in [3.63, 3.8) is 0 Å². The molecule has 0 bridgehead atoms. The van der Waals surface area contributed by atoms with Crippen molar-refractivity contribution in [1.29, 1.82) is 0 Å². The lowest BCUT2D eigenvalue weighted by atomic mass is 10.0. The largest absolute Gasteiger partial charge is 0.461 e. The summed E-state index contributed by atoms with van der Waals surface area (Å²) in [6.07, 6.45) is 30.6. The minimum Gasteiger partial charge on any atom is -0.461 e. The van der Waals surface area contributed by atoms with Crippen molar-refractivity contribution in [1.82, 2.24) is 0 Å². The number of hydrogen-bond donors (Lipinski definition) is 1. The van der Waals surface area contributed by atoms with Gasteiger partial charge in [-0.05, 0) is 19.8 Å². The second kappa shape index (κ2) is 24.3. The quantitative estimate of drug-likeness (QED) is 0.102. The summed E-state index contributed by atoms with van der Waals surface area (Å²) < 4.78 is 4.87. The van der Waals surface area contributed by atoms with Crippen molar-refractivity contribution in [2.24, 2.45) is 5.73 Å². The highest BCUT2D eigenvalue weighted by Gasteiger charge is 2.03. The van der Waals surface area contributed by atoms with Crippen LogP contribution >= 0.6 is 0 Å². The molecule has 0 spiro atoms. The standard InChI is InChI=1S/C27H53NO2/c1-3-5-6-7-8-9-10-11-12-13-14-15-16-17-18-19-20-21-22-23-24-25-26(28)27(29)30-4-2/h25H,3-24,28H2,1-2H3. The van der Waals surface area contributed by atoms with Crippen LogP contribution in [0.5, 0.6) is 0 Å². The maximum atomic E-state index is 11.4. The maximum Gasteiger partial charge on any atom is 0.353 e. The molecule has 0 atom stereocenters. The highest BCUT2D eigenvalue weighted by Crippen LogP contribution is 2.15. The molecule has 0 aromatic heterocycles. The van der Waals surface area contributed by atoms with Crippen LogP contribution in [0.25, 0.3) is 0 Å².